The van der Waals surface area contributed by atoms with Crippen molar-refractivity contribution in [2.45, 2.75) is 62.0 Å². The summed E-state index contributed by atoms with van der Waals surface area (Å²) in [5.74, 6) is -0.0448. The molecule has 2 fully saturated rings. The van der Waals surface area contributed by atoms with E-state index in [-0.39, 0.29) is 29.3 Å². The van der Waals surface area contributed by atoms with E-state index in [4.69, 9.17) is 0 Å². The highest BCUT2D eigenvalue weighted by Gasteiger charge is 2.39. The molecule has 3 aliphatic rings. The van der Waals surface area contributed by atoms with E-state index >= 15 is 0 Å². The van der Waals surface area contributed by atoms with Gasteiger partial charge in [0.25, 0.3) is 0 Å². The molecule has 2 atom stereocenters. The second-order valence-electron chi connectivity index (χ2n) is 7.50. The number of benzene rings is 1. The van der Waals surface area contributed by atoms with Gasteiger partial charge < -0.3 is 10.2 Å². The number of fused-ring (bicyclic) bond motifs is 3. The molecule has 144 valence electrons. The molecule has 3 aliphatic heterocycles. The Hall–Kier alpha value is -1.15. The van der Waals surface area contributed by atoms with Crippen LogP contribution in [0.25, 0.3) is 0 Å². The SMILES string of the molecule is CC(=O)N1CCc2ccc(S(=O)(=O)N(C)C3CC4CCC(C3)N4)cc21.Cl. The normalized spacial score (nSPS) is 27.3. The number of nitrogens with zero attached hydrogens (tertiary/aromatic N) is 2. The quantitative estimate of drug-likeness (QED) is 0.843. The average molecular weight is 400 g/mol. The molecule has 0 saturated carbocycles. The number of anilines is 1. The minimum atomic E-state index is -3.56. The Bertz CT molecular complexity index is 802. The molecule has 0 radical (unpaired) electrons. The van der Waals surface area contributed by atoms with E-state index in [0.717, 1.165) is 43.4 Å². The van der Waals surface area contributed by atoms with Gasteiger partial charge in [-0.3, -0.25) is 4.79 Å². The highest BCUT2D eigenvalue weighted by atomic mass is 35.5. The van der Waals surface area contributed by atoms with E-state index in [2.05, 4.69) is 5.32 Å². The molecule has 0 aromatic heterocycles. The number of nitrogens with one attached hydrogen (secondary N) is 1. The van der Waals surface area contributed by atoms with Crippen molar-refractivity contribution in [3.05, 3.63) is 23.8 Å². The smallest absolute Gasteiger partial charge is 0.243 e. The fourth-order valence-corrected chi connectivity index (χ4v) is 5.93. The average Bonchev–Trinajstić information content (AvgIpc) is 3.16. The summed E-state index contributed by atoms with van der Waals surface area (Å²) in [6.45, 7) is 2.15. The van der Waals surface area contributed by atoms with Gasteiger partial charge in [0.15, 0.2) is 0 Å². The number of carbonyl (C=O) groups is 1. The predicted octanol–water partition coefficient (Wildman–Crippen LogP) is 1.92. The number of amides is 1. The highest BCUT2D eigenvalue weighted by molar-refractivity contribution is 7.89. The van der Waals surface area contributed by atoms with E-state index in [1.165, 1.54) is 6.92 Å². The zero-order valence-corrected chi connectivity index (χ0v) is 16.8. The minimum Gasteiger partial charge on any atom is -0.312 e. The lowest BCUT2D eigenvalue weighted by Gasteiger charge is -2.35. The monoisotopic (exact) mass is 399 g/mol. The van der Waals surface area contributed by atoms with Gasteiger partial charge in [0.05, 0.1) is 4.90 Å². The number of hydrogen-bond acceptors (Lipinski definition) is 4. The van der Waals surface area contributed by atoms with Crippen molar-refractivity contribution in [2.24, 2.45) is 0 Å². The van der Waals surface area contributed by atoms with Gasteiger partial charge in [-0.2, -0.15) is 4.31 Å². The van der Waals surface area contributed by atoms with Crippen LogP contribution < -0.4 is 10.2 Å². The summed E-state index contributed by atoms with van der Waals surface area (Å²) in [6, 6.07) is 6.13. The lowest BCUT2D eigenvalue weighted by Crippen LogP contribution is -2.48. The maximum absolute atomic E-state index is 13.1. The van der Waals surface area contributed by atoms with Crippen LogP contribution in [0.4, 0.5) is 5.69 Å². The summed E-state index contributed by atoms with van der Waals surface area (Å²) in [5.41, 5.74) is 1.78. The van der Waals surface area contributed by atoms with Crippen LogP contribution in [-0.2, 0) is 21.2 Å². The van der Waals surface area contributed by atoms with Crippen molar-refractivity contribution < 1.29 is 13.2 Å². The Labute approximate surface area is 161 Å². The lowest BCUT2D eigenvalue weighted by molar-refractivity contribution is -0.116. The summed E-state index contributed by atoms with van der Waals surface area (Å²) < 4.78 is 27.8. The van der Waals surface area contributed by atoms with Gasteiger partial charge in [0, 0.05) is 44.3 Å². The van der Waals surface area contributed by atoms with Crippen molar-refractivity contribution in [1.82, 2.24) is 9.62 Å². The molecule has 2 saturated heterocycles. The molecular weight excluding hydrogens is 374 g/mol. The van der Waals surface area contributed by atoms with Crippen molar-refractivity contribution >= 4 is 34.0 Å². The van der Waals surface area contributed by atoms with Crippen LogP contribution in [0.2, 0.25) is 0 Å². The second-order valence-corrected chi connectivity index (χ2v) is 9.49. The number of halogens is 1. The fourth-order valence-electron chi connectivity index (χ4n) is 4.53. The first-order chi connectivity index (χ1) is 11.9. The van der Waals surface area contributed by atoms with E-state index < -0.39 is 10.0 Å². The summed E-state index contributed by atoms with van der Waals surface area (Å²) in [7, 11) is -1.87. The highest BCUT2D eigenvalue weighted by Crippen LogP contribution is 2.34. The van der Waals surface area contributed by atoms with Gasteiger partial charge in [-0.25, -0.2) is 8.42 Å². The summed E-state index contributed by atoms with van der Waals surface area (Å²) in [5, 5.41) is 3.55. The van der Waals surface area contributed by atoms with Gasteiger partial charge in [-0.15, -0.1) is 12.4 Å². The third-order valence-electron chi connectivity index (χ3n) is 5.97. The number of rotatable bonds is 3. The zero-order chi connectivity index (χ0) is 17.8. The van der Waals surface area contributed by atoms with Gasteiger partial charge in [0.2, 0.25) is 15.9 Å². The number of hydrogen-bond donors (Lipinski definition) is 1. The van der Waals surface area contributed by atoms with Crippen molar-refractivity contribution in [3.8, 4) is 0 Å². The van der Waals surface area contributed by atoms with Gasteiger partial charge in [-0.1, -0.05) is 6.07 Å². The molecule has 8 heteroatoms. The van der Waals surface area contributed by atoms with Crippen LogP contribution in [0.5, 0.6) is 0 Å². The van der Waals surface area contributed by atoms with Crippen molar-refractivity contribution in [2.75, 3.05) is 18.5 Å². The lowest BCUT2D eigenvalue weighted by atomic mass is 10.0. The predicted molar refractivity (Wildman–Crippen MR) is 103 cm³/mol. The molecule has 0 aliphatic carbocycles. The molecule has 0 spiro atoms. The molecule has 1 aromatic carbocycles. The fraction of sp³-hybridized carbons (Fsp3) is 0.611. The number of sulfonamides is 1. The van der Waals surface area contributed by atoms with E-state index in [9.17, 15) is 13.2 Å². The number of carbonyl (C=O) groups excluding carboxylic acids is 1. The molecule has 1 N–H and O–H groups in total. The molecule has 6 nitrogen and oxygen atoms in total. The first-order valence-corrected chi connectivity index (χ1v) is 10.5. The molecule has 1 aromatic rings. The molecule has 26 heavy (non-hydrogen) atoms. The maximum atomic E-state index is 13.1. The Morgan fingerprint density at radius 3 is 2.50 bits per heavy atom. The Morgan fingerprint density at radius 2 is 1.88 bits per heavy atom. The largest absolute Gasteiger partial charge is 0.312 e. The number of piperidine rings is 1. The second kappa shape index (κ2) is 7.11. The maximum Gasteiger partial charge on any atom is 0.243 e. The Morgan fingerprint density at radius 1 is 1.23 bits per heavy atom. The van der Waals surface area contributed by atoms with Crippen LogP contribution >= 0.6 is 12.4 Å². The van der Waals surface area contributed by atoms with Crippen molar-refractivity contribution in [3.63, 3.8) is 0 Å². The van der Waals surface area contributed by atoms with Crippen LogP contribution in [0.15, 0.2) is 23.1 Å². The molecule has 1 amide bonds. The topological polar surface area (TPSA) is 69.7 Å². The molecule has 2 unspecified atom stereocenters. The van der Waals surface area contributed by atoms with E-state index in [0.29, 0.717) is 18.6 Å². The van der Waals surface area contributed by atoms with Gasteiger partial charge in [0.1, 0.15) is 0 Å². The molecule has 4 rings (SSSR count). The van der Waals surface area contributed by atoms with Crippen molar-refractivity contribution in [1.29, 1.82) is 0 Å². The van der Waals surface area contributed by atoms with E-state index in [1.807, 2.05) is 6.07 Å². The summed E-state index contributed by atoms with van der Waals surface area (Å²) in [6.07, 6.45) is 4.80. The molecule has 3 heterocycles. The van der Waals surface area contributed by atoms with E-state index in [1.54, 1.807) is 28.4 Å². The van der Waals surface area contributed by atoms with Gasteiger partial charge in [-0.05, 0) is 49.8 Å². The summed E-state index contributed by atoms with van der Waals surface area (Å²) in [4.78, 5) is 13.7. The summed E-state index contributed by atoms with van der Waals surface area (Å²) >= 11 is 0. The van der Waals surface area contributed by atoms with Crippen LogP contribution in [-0.4, -0.2) is 50.3 Å². The van der Waals surface area contributed by atoms with Crippen LogP contribution in [0, 0.1) is 0 Å². The molecular formula is C18H26ClN3O3S. The van der Waals surface area contributed by atoms with Crippen LogP contribution in [0.1, 0.15) is 38.2 Å². The Kier molecular flexibility index (Phi) is 5.36. The molecule has 2 bridgehead atoms. The first kappa shape index (κ1) is 19.6. The minimum absolute atomic E-state index is 0. The third kappa shape index (κ3) is 3.26. The van der Waals surface area contributed by atoms with Crippen LogP contribution in [0.3, 0.4) is 0 Å². The Balaban J connectivity index is 0.00000196. The zero-order valence-electron chi connectivity index (χ0n) is 15.1. The third-order valence-corrected chi connectivity index (χ3v) is 7.88. The van der Waals surface area contributed by atoms with Gasteiger partial charge >= 0.3 is 0 Å². The standard InChI is InChI=1S/C18H25N3O3S.ClH/c1-12(22)21-8-7-13-3-6-17(11-18(13)21)25(23,24)20(2)16-9-14-4-5-15(10-16)19-14;/h3,6,11,14-16,19H,4-5,7-10H2,1-2H3;1H. The first-order valence-electron chi connectivity index (χ1n) is 9.01.